The summed E-state index contributed by atoms with van der Waals surface area (Å²) < 4.78 is 7.40. The van der Waals surface area contributed by atoms with Gasteiger partial charge in [0.25, 0.3) is 0 Å². The Bertz CT molecular complexity index is 305. The van der Waals surface area contributed by atoms with Crippen molar-refractivity contribution in [1.29, 1.82) is 0 Å². The fourth-order valence-corrected chi connectivity index (χ4v) is 1.95. The van der Waals surface area contributed by atoms with E-state index in [1.54, 1.807) is 7.11 Å². The van der Waals surface area contributed by atoms with Gasteiger partial charge in [-0.05, 0) is 19.8 Å². The van der Waals surface area contributed by atoms with E-state index in [-0.39, 0.29) is 0 Å². The number of methoxy groups -OCH3 is 1. The highest BCUT2D eigenvalue weighted by Crippen LogP contribution is 2.22. The molecule has 0 radical (unpaired) electrons. The van der Waals surface area contributed by atoms with Crippen LogP contribution in [0.5, 0.6) is 0 Å². The smallest absolute Gasteiger partial charge is 0.105 e. The third-order valence-corrected chi connectivity index (χ3v) is 3.14. The average Bonchev–Trinajstić information content (AvgIpc) is 2.56. The largest absolute Gasteiger partial charge is 0.381 e. The normalized spacial score (nSPS) is 25.2. The van der Waals surface area contributed by atoms with Gasteiger partial charge in [0.15, 0.2) is 0 Å². The van der Waals surface area contributed by atoms with Crippen molar-refractivity contribution < 1.29 is 4.74 Å². The SMILES string of the molecule is COC1CC(NCCn2ccnc2C)C1. The number of hydrogen-bond donors (Lipinski definition) is 1. The van der Waals surface area contributed by atoms with Crippen molar-refractivity contribution in [3.63, 3.8) is 0 Å². The molecule has 84 valence electrons. The van der Waals surface area contributed by atoms with Crippen molar-refractivity contribution in [3.8, 4) is 0 Å². The molecule has 0 amide bonds. The van der Waals surface area contributed by atoms with Crippen molar-refractivity contribution in [1.82, 2.24) is 14.9 Å². The topological polar surface area (TPSA) is 39.1 Å². The molecule has 1 aromatic heterocycles. The number of rotatable bonds is 5. The lowest BCUT2D eigenvalue weighted by Gasteiger charge is -2.34. The molecule has 1 saturated carbocycles. The molecule has 0 unspecified atom stereocenters. The second-order valence-electron chi connectivity index (χ2n) is 4.15. The van der Waals surface area contributed by atoms with E-state index in [2.05, 4.69) is 14.9 Å². The third kappa shape index (κ3) is 2.58. The number of aryl methyl sites for hydroxylation is 1. The summed E-state index contributed by atoms with van der Waals surface area (Å²) in [6.07, 6.45) is 6.66. The van der Waals surface area contributed by atoms with Crippen molar-refractivity contribution in [2.45, 2.75) is 38.5 Å². The number of ether oxygens (including phenoxy) is 1. The van der Waals surface area contributed by atoms with E-state index in [1.165, 1.54) is 0 Å². The molecule has 1 heterocycles. The first-order valence-electron chi connectivity index (χ1n) is 5.53. The number of aromatic nitrogens is 2. The molecule has 4 heteroatoms. The molecule has 2 rings (SSSR count). The predicted octanol–water partition coefficient (Wildman–Crippen LogP) is 0.959. The molecule has 0 aromatic carbocycles. The van der Waals surface area contributed by atoms with Crippen LogP contribution in [0.2, 0.25) is 0 Å². The summed E-state index contributed by atoms with van der Waals surface area (Å²) in [7, 11) is 1.79. The molecular formula is C11H19N3O. The molecular weight excluding hydrogens is 190 g/mol. The quantitative estimate of drug-likeness (QED) is 0.785. The van der Waals surface area contributed by atoms with Gasteiger partial charge in [0.05, 0.1) is 6.10 Å². The van der Waals surface area contributed by atoms with Gasteiger partial charge in [-0.3, -0.25) is 0 Å². The number of imidazole rings is 1. The fourth-order valence-electron chi connectivity index (χ4n) is 1.95. The Morgan fingerprint density at radius 1 is 1.60 bits per heavy atom. The van der Waals surface area contributed by atoms with Crippen molar-refractivity contribution >= 4 is 0 Å². The highest BCUT2D eigenvalue weighted by Gasteiger charge is 2.27. The average molecular weight is 209 g/mol. The molecule has 1 aliphatic rings. The van der Waals surface area contributed by atoms with E-state index >= 15 is 0 Å². The number of hydrogen-bond acceptors (Lipinski definition) is 3. The highest BCUT2D eigenvalue weighted by molar-refractivity contribution is 4.89. The van der Waals surface area contributed by atoms with Crippen molar-refractivity contribution in [2.24, 2.45) is 0 Å². The predicted molar refractivity (Wildman–Crippen MR) is 58.8 cm³/mol. The zero-order valence-electron chi connectivity index (χ0n) is 9.44. The fraction of sp³-hybridized carbons (Fsp3) is 0.727. The van der Waals surface area contributed by atoms with E-state index < -0.39 is 0 Å². The van der Waals surface area contributed by atoms with Gasteiger partial charge in [0, 0.05) is 38.6 Å². The maximum absolute atomic E-state index is 5.23. The van der Waals surface area contributed by atoms with Gasteiger partial charge in [-0.2, -0.15) is 0 Å². The Labute approximate surface area is 90.6 Å². The van der Waals surface area contributed by atoms with Gasteiger partial charge in [-0.15, -0.1) is 0 Å². The van der Waals surface area contributed by atoms with Crippen LogP contribution in [0.3, 0.4) is 0 Å². The second-order valence-corrected chi connectivity index (χ2v) is 4.15. The molecule has 15 heavy (non-hydrogen) atoms. The summed E-state index contributed by atoms with van der Waals surface area (Å²) in [5.74, 6) is 1.08. The van der Waals surface area contributed by atoms with Crippen LogP contribution in [0, 0.1) is 6.92 Å². The van der Waals surface area contributed by atoms with Gasteiger partial charge in [0.2, 0.25) is 0 Å². The monoisotopic (exact) mass is 209 g/mol. The Balaban J connectivity index is 1.62. The lowest BCUT2D eigenvalue weighted by molar-refractivity contribution is 0.0174. The molecule has 0 atom stereocenters. The first-order chi connectivity index (χ1) is 7.29. The number of nitrogens with one attached hydrogen (secondary N) is 1. The molecule has 0 spiro atoms. The summed E-state index contributed by atoms with van der Waals surface area (Å²) in [5, 5.41) is 3.52. The first-order valence-corrected chi connectivity index (χ1v) is 5.53. The van der Waals surface area contributed by atoms with Crippen molar-refractivity contribution in [2.75, 3.05) is 13.7 Å². The van der Waals surface area contributed by atoms with Gasteiger partial charge in [-0.1, -0.05) is 0 Å². The molecule has 1 fully saturated rings. The van der Waals surface area contributed by atoms with Gasteiger partial charge in [0.1, 0.15) is 5.82 Å². The number of nitrogens with zero attached hydrogens (tertiary/aromatic N) is 2. The zero-order chi connectivity index (χ0) is 10.7. The third-order valence-electron chi connectivity index (χ3n) is 3.14. The highest BCUT2D eigenvalue weighted by atomic mass is 16.5. The van der Waals surface area contributed by atoms with Gasteiger partial charge < -0.3 is 14.6 Å². The van der Waals surface area contributed by atoms with E-state index in [0.29, 0.717) is 12.1 Å². The first kappa shape index (κ1) is 10.6. The molecule has 0 saturated heterocycles. The molecule has 1 aliphatic carbocycles. The summed E-state index contributed by atoms with van der Waals surface area (Å²) >= 11 is 0. The molecule has 0 bridgehead atoms. The van der Waals surface area contributed by atoms with Crippen LogP contribution < -0.4 is 5.32 Å². The Morgan fingerprint density at radius 3 is 3.00 bits per heavy atom. The Hall–Kier alpha value is -0.870. The molecule has 1 N–H and O–H groups in total. The van der Waals surface area contributed by atoms with Crippen molar-refractivity contribution in [3.05, 3.63) is 18.2 Å². The summed E-state index contributed by atoms with van der Waals surface area (Å²) in [4.78, 5) is 4.19. The van der Waals surface area contributed by atoms with Crippen LogP contribution in [0.25, 0.3) is 0 Å². The second kappa shape index (κ2) is 4.77. The molecule has 1 aromatic rings. The van der Waals surface area contributed by atoms with Gasteiger partial charge in [-0.25, -0.2) is 4.98 Å². The summed E-state index contributed by atoms with van der Waals surface area (Å²) in [5.41, 5.74) is 0. The van der Waals surface area contributed by atoms with Crippen LogP contribution in [0.1, 0.15) is 18.7 Å². The van der Waals surface area contributed by atoms with Crippen LogP contribution in [0.4, 0.5) is 0 Å². The van der Waals surface area contributed by atoms with E-state index in [4.69, 9.17) is 4.74 Å². The zero-order valence-corrected chi connectivity index (χ0v) is 9.44. The lowest BCUT2D eigenvalue weighted by atomic mass is 9.89. The van der Waals surface area contributed by atoms with Gasteiger partial charge >= 0.3 is 0 Å². The Morgan fingerprint density at radius 2 is 2.40 bits per heavy atom. The van der Waals surface area contributed by atoms with Crippen LogP contribution in [-0.2, 0) is 11.3 Å². The maximum Gasteiger partial charge on any atom is 0.105 e. The Kier molecular flexibility index (Phi) is 3.38. The molecule has 4 nitrogen and oxygen atoms in total. The van der Waals surface area contributed by atoms with E-state index in [9.17, 15) is 0 Å². The molecule has 0 aliphatic heterocycles. The van der Waals surface area contributed by atoms with Crippen LogP contribution in [-0.4, -0.2) is 35.4 Å². The maximum atomic E-state index is 5.23. The minimum absolute atomic E-state index is 0.484. The lowest BCUT2D eigenvalue weighted by Crippen LogP contribution is -2.45. The van der Waals surface area contributed by atoms with Crippen LogP contribution in [0.15, 0.2) is 12.4 Å². The minimum atomic E-state index is 0.484. The van der Waals surface area contributed by atoms with E-state index in [1.807, 2.05) is 19.3 Å². The standard InChI is InChI=1S/C11H19N3O/c1-9-12-3-5-14(9)6-4-13-10-7-11(8-10)15-2/h3,5,10-11,13H,4,6-8H2,1-2H3. The van der Waals surface area contributed by atoms with E-state index in [0.717, 1.165) is 31.8 Å². The van der Waals surface area contributed by atoms with Crippen LogP contribution >= 0.6 is 0 Å². The summed E-state index contributed by atoms with van der Waals surface area (Å²) in [6, 6.07) is 0.652. The minimum Gasteiger partial charge on any atom is -0.381 e. The summed E-state index contributed by atoms with van der Waals surface area (Å²) in [6.45, 7) is 4.04.